The van der Waals surface area contributed by atoms with Crippen LogP contribution in [-0.2, 0) is 0 Å². The molecule has 4 nitrogen and oxygen atoms in total. The lowest BCUT2D eigenvalue weighted by atomic mass is 10.1. The summed E-state index contributed by atoms with van der Waals surface area (Å²) in [6.45, 7) is 1.10. The van der Waals surface area contributed by atoms with E-state index >= 15 is 0 Å². The summed E-state index contributed by atoms with van der Waals surface area (Å²) >= 11 is 0. The van der Waals surface area contributed by atoms with Crippen LogP contribution in [0, 0.1) is 5.92 Å². The Kier molecular flexibility index (Phi) is 3.10. The molecule has 2 N–H and O–H groups in total. The molecule has 2 saturated carbocycles. The third-order valence-corrected chi connectivity index (χ3v) is 4.09. The normalized spacial score (nSPS) is 20.3. The summed E-state index contributed by atoms with van der Waals surface area (Å²) in [5, 5.41) is 0. The third kappa shape index (κ3) is 2.57. The van der Waals surface area contributed by atoms with Gasteiger partial charge in [-0.3, -0.25) is 0 Å². The van der Waals surface area contributed by atoms with Crippen LogP contribution in [0.1, 0.15) is 50.3 Å². The highest BCUT2D eigenvalue weighted by atomic mass is 15.2. The van der Waals surface area contributed by atoms with Crippen molar-refractivity contribution in [2.45, 2.75) is 44.4 Å². The standard InChI is InChI=1S/C14H22N4/c1-18(9-10-4-2-3-5-10)13-8-12(15)16-14(17-13)11-6-7-11/h8,10-11H,2-7,9H2,1H3,(H2,15,16,17). The molecule has 0 aliphatic heterocycles. The predicted octanol–water partition coefficient (Wildman–Crippen LogP) is 2.56. The van der Waals surface area contributed by atoms with E-state index in [9.17, 15) is 0 Å². The van der Waals surface area contributed by atoms with Crippen molar-refractivity contribution in [1.29, 1.82) is 0 Å². The van der Waals surface area contributed by atoms with Gasteiger partial charge in [0.2, 0.25) is 0 Å². The van der Waals surface area contributed by atoms with Gasteiger partial charge in [-0.15, -0.1) is 0 Å². The molecule has 0 aromatic carbocycles. The zero-order valence-electron chi connectivity index (χ0n) is 11.1. The Morgan fingerprint density at radius 1 is 1.22 bits per heavy atom. The lowest BCUT2D eigenvalue weighted by Crippen LogP contribution is -2.25. The number of nitrogen functional groups attached to an aromatic ring is 1. The van der Waals surface area contributed by atoms with Gasteiger partial charge in [0.05, 0.1) is 0 Å². The van der Waals surface area contributed by atoms with Crippen LogP contribution in [0.5, 0.6) is 0 Å². The van der Waals surface area contributed by atoms with Gasteiger partial charge in [-0.2, -0.15) is 0 Å². The molecule has 0 unspecified atom stereocenters. The van der Waals surface area contributed by atoms with Crippen LogP contribution in [0.25, 0.3) is 0 Å². The van der Waals surface area contributed by atoms with Crippen molar-refractivity contribution in [3.05, 3.63) is 11.9 Å². The van der Waals surface area contributed by atoms with E-state index in [1.165, 1.54) is 38.5 Å². The lowest BCUT2D eigenvalue weighted by molar-refractivity contribution is 0.544. The summed E-state index contributed by atoms with van der Waals surface area (Å²) in [7, 11) is 2.12. The van der Waals surface area contributed by atoms with Crippen LogP contribution >= 0.6 is 0 Å². The molecule has 2 fully saturated rings. The molecule has 0 radical (unpaired) electrons. The smallest absolute Gasteiger partial charge is 0.136 e. The highest BCUT2D eigenvalue weighted by Gasteiger charge is 2.27. The number of nitrogens with zero attached hydrogens (tertiary/aromatic N) is 3. The van der Waals surface area contributed by atoms with E-state index in [1.807, 2.05) is 6.07 Å². The Hall–Kier alpha value is -1.32. The van der Waals surface area contributed by atoms with Crippen LogP contribution in [0.15, 0.2) is 6.07 Å². The van der Waals surface area contributed by atoms with E-state index in [0.29, 0.717) is 11.7 Å². The van der Waals surface area contributed by atoms with E-state index in [4.69, 9.17) is 5.73 Å². The van der Waals surface area contributed by atoms with Crippen molar-refractivity contribution in [1.82, 2.24) is 9.97 Å². The molecule has 0 bridgehead atoms. The molecule has 2 aliphatic rings. The average molecular weight is 246 g/mol. The van der Waals surface area contributed by atoms with Gasteiger partial charge in [-0.05, 0) is 31.6 Å². The molecule has 0 amide bonds. The van der Waals surface area contributed by atoms with Gasteiger partial charge < -0.3 is 10.6 Å². The van der Waals surface area contributed by atoms with E-state index in [0.717, 1.165) is 24.1 Å². The van der Waals surface area contributed by atoms with Gasteiger partial charge in [-0.25, -0.2) is 9.97 Å². The van der Waals surface area contributed by atoms with Crippen molar-refractivity contribution in [3.63, 3.8) is 0 Å². The first-order valence-electron chi connectivity index (χ1n) is 7.08. The van der Waals surface area contributed by atoms with Crippen LogP contribution in [-0.4, -0.2) is 23.6 Å². The quantitative estimate of drug-likeness (QED) is 0.887. The number of hydrogen-bond donors (Lipinski definition) is 1. The maximum atomic E-state index is 5.89. The summed E-state index contributed by atoms with van der Waals surface area (Å²) in [6, 6.07) is 1.90. The van der Waals surface area contributed by atoms with Crippen LogP contribution in [0.3, 0.4) is 0 Å². The number of hydrogen-bond acceptors (Lipinski definition) is 4. The SMILES string of the molecule is CN(CC1CCCC1)c1cc(N)nc(C2CC2)n1. The summed E-state index contributed by atoms with van der Waals surface area (Å²) in [6.07, 6.45) is 7.93. The fourth-order valence-electron chi connectivity index (χ4n) is 2.86. The average Bonchev–Trinajstić information content (AvgIpc) is 3.08. The molecule has 18 heavy (non-hydrogen) atoms. The third-order valence-electron chi connectivity index (χ3n) is 4.09. The monoisotopic (exact) mass is 246 g/mol. The molecular formula is C14H22N4. The van der Waals surface area contributed by atoms with Crippen molar-refractivity contribution in [3.8, 4) is 0 Å². The molecule has 1 aromatic heterocycles. The fourth-order valence-corrected chi connectivity index (χ4v) is 2.86. The van der Waals surface area contributed by atoms with Crippen molar-refractivity contribution in [2.75, 3.05) is 24.2 Å². The summed E-state index contributed by atoms with van der Waals surface area (Å²) in [5.41, 5.74) is 5.89. The minimum absolute atomic E-state index is 0.562. The number of nitrogens with two attached hydrogens (primary N) is 1. The zero-order valence-corrected chi connectivity index (χ0v) is 11.1. The molecule has 1 aromatic rings. The minimum atomic E-state index is 0.562. The first kappa shape index (κ1) is 11.8. The van der Waals surface area contributed by atoms with Crippen molar-refractivity contribution >= 4 is 11.6 Å². The topological polar surface area (TPSA) is 55.0 Å². The summed E-state index contributed by atoms with van der Waals surface area (Å²) in [4.78, 5) is 11.3. The second kappa shape index (κ2) is 4.75. The van der Waals surface area contributed by atoms with Crippen molar-refractivity contribution < 1.29 is 0 Å². The predicted molar refractivity (Wildman–Crippen MR) is 73.6 cm³/mol. The molecule has 0 atom stereocenters. The molecule has 0 saturated heterocycles. The van der Waals surface area contributed by atoms with Gasteiger partial charge in [0.1, 0.15) is 17.5 Å². The Bertz CT molecular complexity index is 422. The Balaban J connectivity index is 1.73. The number of rotatable bonds is 4. The first-order chi connectivity index (χ1) is 8.72. The fraction of sp³-hybridized carbons (Fsp3) is 0.714. The molecule has 4 heteroatoms. The molecule has 1 heterocycles. The molecule has 3 rings (SSSR count). The molecule has 98 valence electrons. The maximum Gasteiger partial charge on any atom is 0.136 e. The van der Waals surface area contributed by atoms with Gasteiger partial charge in [0.25, 0.3) is 0 Å². The lowest BCUT2D eigenvalue weighted by Gasteiger charge is -2.22. The van der Waals surface area contributed by atoms with Gasteiger partial charge in [0, 0.05) is 25.6 Å². The number of aromatic nitrogens is 2. The second-order valence-corrected chi connectivity index (χ2v) is 5.81. The molecule has 0 spiro atoms. The highest BCUT2D eigenvalue weighted by molar-refractivity contribution is 5.47. The largest absolute Gasteiger partial charge is 0.384 e. The molecule has 2 aliphatic carbocycles. The van der Waals surface area contributed by atoms with Gasteiger partial charge >= 0.3 is 0 Å². The van der Waals surface area contributed by atoms with E-state index in [-0.39, 0.29) is 0 Å². The first-order valence-corrected chi connectivity index (χ1v) is 7.08. The van der Waals surface area contributed by atoms with E-state index in [2.05, 4.69) is 21.9 Å². The van der Waals surface area contributed by atoms with Crippen LogP contribution in [0.4, 0.5) is 11.6 Å². The van der Waals surface area contributed by atoms with Gasteiger partial charge in [-0.1, -0.05) is 12.8 Å². The van der Waals surface area contributed by atoms with Gasteiger partial charge in [0.15, 0.2) is 0 Å². The van der Waals surface area contributed by atoms with E-state index in [1.54, 1.807) is 0 Å². The minimum Gasteiger partial charge on any atom is -0.384 e. The Morgan fingerprint density at radius 2 is 1.94 bits per heavy atom. The summed E-state index contributed by atoms with van der Waals surface area (Å²) < 4.78 is 0. The molecular weight excluding hydrogens is 224 g/mol. The van der Waals surface area contributed by atoms with Crippen molar-refractivity contribution in [2.24, 2.45) is 5.92 Å². The highest BCUT2D eigenvalue weighted by Crippen LogP contribution is 2.39. The zero-order chi connectivity index (χ0) is 12.5. The summed E-state index contributed by atoms with van der Waals surface area (Å²) in [5.74, 6) is 3.95. The Morgan fingerprint density at radius 3 is 2.61 bits per heavy atom. The number of anilines is 2. The Labute approximate surface area is 109 Å². The second-order valence-electron chi connectivity index (χ2n) is 5.81. The van der Waals surface area contributed by atoms with Crippen LogP contribution in [0.2, 0.25) is 0 Å². The maximum absolute atomic E-state index is 5.89. The van der Waals surface area contributed by atoms with E-state index < -0.39 is 0 Å². The van der Waals surface area contributed by atoms with Crippen LogP contribution < -0.4 is 10.6 Å².